The molecule has 0 radical (unpaired) electrons. The molecule has 1 saturated heterocycles. The molecule has 9 heteroatoms. The van der Waals surface area contributed by atoms with Crippen molar-refractivity contribution in [2.24, 2.45) is 0 Å². The normalized spacial score (nSPS) is 30.0. The van der Waals surface area contributed by atoms with Crippen LogP contribution in [0.3, 0.4) is 0 Å². The minimum atomic E-state index is -1.41. The van der Waals surface area contributed by atoms with Crippen molar-refractivity contribution >= 4 is 17.5 Å². The quantitative estimate of drug-likeness (QED) is 0.646. The maximum Gasteiger partial charge on any atom is 0.358 e. The molecule has 1 aromatic rings. The van der Waals surface area contributed by atoms with Gasteiger partial charge in [-0.2, -0.15) is 0 Å². The lowest BCUT2D eigenvalue weighted by atomic mass is 9.99. The van der Waals surface area contributed by atoms with E-state index in [1.54, 1.807) is 6.92 Å². The minimum absolute atomic E-state index is 0.245. The first kappa shape index (κ1) is 19.0. The van der Waals surface area contributed by atoms with Gasteiger partial charge in [0.05, 0.1) is 6.61 Å². The fourth-order valence-electron chi connectivity index (χ4n) is 2.21. The first-order valence-corrected chi connectivity index (χ1v) is 7.75. The molecule has 1 heterocycles. The van der Waals surface area contributed by atoms with E-state index in [9.17, 15) is 19.7 Å². The largest absolute Gasteiger partial charge is 0.445 e. The van der Waals surface area contributed by atoms with E-state index in [4.69, 9.17) is 31.2 Å². The molecule has 0 unspecified atom stereocenters. The summed E-state index contributed by atoms with van der Waals surface area (Å²) in [5.74, 6) is -0.186. The second-order valence-corrected chi connectivity index (χ2v) is 5.38. The van der Waals surface area contributed by atoms with Gasteiger partial charge in [-0.3, -0.25) is 0 Å². The average molecular weight is 362 g/mol. The fraction of sp³-hybridized carbons (Fsp3) is 0.533. The Bertz CT molecular complexity index is 541. The number of thiocarbonyl (C=S) groups is 1. The summed E-state index contributed by atoms with van der Waals surface area (Å²) in [6.07, 6.45) is -6.02. The number of ether oxygens (including phenoxy) is 4. The number of hydrogen-bond acceptors (Lipinski definition) is 8. The molecule has 1 aliphatic heterocycles. The molecule has 1 aliphatic rings. The summed E-state index contributed by atoms with van der Waals surface area (Å²) in [6, 6.07) is 5.09. The van der Waals surface area contributed by atoms with E-state index < -0.39 is 43.1 Å². The number of aliphatic hydroxyl groups excluding tert-OH is 3. The predicted octanol–water partition coefficient (Wildman–Crippen LogP) is 0.350. The Morgan fingerprint density at radius 2 is 1.92 bits per heavy atom. The summed E-state index contributed by atoms with van der Waals surface area (Å²) < 4.78 is 34.1. The summed E-state index contributed by atoms with van der Waals surface area (Å²) in [6.45, 7) is 1.46. The van der Waals surface area contributed by atoms with E-state index in [0.717, 1.165) is 0 Å². The smallest absolute Gasteiger partial charge is 0.358 e. The number of rotatable bonds is 5. The van der Waals surface area contributed by atoms with E-state index in [1.165, 1.54) is 24.3 Å². The van der Waals surface area contributed by atoms with Gasteiger partial charge in [-0.15, -0.1) is 0 Å². The lowest BCUT2D eigenvalue weighted by Crippen LogP contribution is -2.60. The number of benzene rings is 1. The van der Waals surface area contributed by atoms with Gasteiger partial charge < -0.3 is 34.3 Å². The van der Waals surface area contributed by atoms with Gasteiger partial charge in [-0.1, -0.05) is 0 Å². The van der Waals surface area contributed by atoms with Crippen LogP contribution in [0.2, 0.25) is 0 Å². The monoisotopic (exact) mass is 362 g/mol. The van der Waals surface area contributed by atoms with Crippen LogP contribution >= 0.6 is 12.2 Å². The van der Waals surface area contributed by atoms with E-state index in [0.29, 0.717) is 0 Å². The van der Waals surface area contributed by atoms with E-state index in [2.05, 4.69) is 0 Å². The highest BCUT2D eigenvalue weighted by Crippen LogP contribution is 2.25. The molecule has 0 aromatic heterocycles. The van der Waals surface area contributed by atoms with Crippen molar-refractivity contribution in [2.45, 2.75) is 37.6 Å². The van der Waals surface area contributed by atoms with Gasteiger partial charge in [-0.25, -0.2) is 4.39 Å². The molecule has 0 aliphatic carbocycles. The third-order valence-corrected chi connectivity index (χ3v) is 3.58. The summed E-state index contributed by atoms with van der Waals surface area (Å²) >= 11 is 4.94. The van der Waals surface area contributed by atoms with Crippen molar-refractivity contribution < 1.29 is 38.7 Å². The molecule has 5 atom stereocenters. The summed E-state index contributed by atoms with van der Waals surface area (Å²) in [5, 5.41) is 28.9. The number of aliphatic hydroxyl groups is 3. The van der Waals surface area contributed by atoms with Gasteiger partial charge in [0.25, 0.3) is 0 Å². The molecule has 134 valence electrons. The van der Waals surface area contributed by atoms with Crippen molar-refractivity contribution in [1.29, 1.82) is 0 Å². The molecule has 2 rings (SSSR count). The molecule has 0 spiro atoms. The van der Waals surface area contributed by atoms with Gasteiger partial charge in [0.1, 0.15) is 29.9 Å². The van der Waals surface area contributed by atoms with E-state index in [-0.39, 0.29) is 17.6 Å². The zero-order chi connectivity index (χ0) is 17.7. The van der Waals surface area contributed by atoms with Crippen LogP contribution in [0, 0.1) is 5.82 Å². The SMILES string of the molecule is CCO[C@H]1O[C@H](CO)[C@@H](O)[C@H](O)[C@H]1OC(=S)Oc1ccc(F)cc1. The molecule has 7 nitrogen and oxygen atoms in total. The van der Waals surface area contributed by atoms with Crippen LogP contribution in [0.15, 0.2) is 24.3 Å². The molecule has 1 fully saturated rings. The third-order valence-electron chi connectivity index (χ3n) is 3.40. The van der Waals surface area contributed by atoms with Crippen LogP contribution in [-0.4, -0.2) is 64.5 Å². The van der Waals surface area contributed by atoms with Crippen molar-refractivity contribution in [3.05, 3.63) is 30.1 Å². The topological polar surface area (TPSA) is 97.6 Å². The Morgan fingerprint density at radius 3 is 2.50 bits per heavy atom. The molecule has 1 aromatic carbocycles. The predicted molar refractivity (Wildman–Crippen MR) is 83.9 cm³/mol. The minimum Gasteiger partial charge on any atom is -0.445 e. The van der Waals surface area contributed by atoms with Crippen molar-refractivity contribution in [2.75, 3.05) is 13.2 Å². The van der Waals surface area contributed by atoms with Gasteiger partial charge in [0, 0.05) is 18.8 Å². The van der Waals surface area contributed by atoms with Crippen molar-refractivity contribution in [3.8, 4) is 5.75 Å². The van der Waals surface area contributed by atoms with Gasteiger partial charge in [0.2, 0.25) is 0 Å². The van der Waals surface area contributed by atoms with Gasteiger partial charge in [-0.05, 0) is 31.2 Å². The zero-order valence-corrected chi connectivity index (χ0v) is 13.7. The fourth-order valence-corrected chi connectivity index (χ4v) is 2.42. The zero-order valence-electron chi connectivity index (χ0n) is 12.9. The van der Waals surface area contributed by atoms with E-state index in [1.807, 2.05) is 0 Å². The second-order valence-electron chi connectivity index (χ2n) is 5.05. The van der Waals surface area contributed by atoms with Gasteiger partial charge >= 0.3 is 5.24 Å². The summed E-state index contributed by atoms with van der Waals surface area (Å²) in [7, 11) is 0. The number of hydrogen-bond donors (Lipinski definition) is 3. The van der Waals surface area contributed by atoms with Crippen LogP contribution in [0.25, 0.3) is 0 Å². The van der Waals surface area contributed by atoms with Crippen LogP contribution in [0.5, 0.6) is 5.75 Å². The second kappa shape index (κ2) is 8.65. The highest BCUT2D eigenvalue weighted by molar-refractivity contribution is 7.79. The molecule has 0 amide bonds. The Labute approximate surface area is 143 Å². The Morgan fingerprint density at radius 1 is 1.25 bits per heavy atom. The molecule has 24 heavy (non-hydrogen) atoms. The maximum absolute atomic E-state index is 12.9. The molecule has 0 bridgehead atoms. The first-order valence-electron chi connectivity index (χ1n) is 7.34. The van der Waals surface area contributed by atoms with Crippen molar-refractivity contribution in [3.63, 3.8) is 0 Å². The van der Waals surface area contributed by atoms with Crippen LogP contribution in [-0.2, 0) is 14.2 Å². The lowest BCUT2D eigenvalue weighted by Gasteiger charge is -2.41. The van der Waals surface area contributed by atoms with Crippen molar-refractivity contribution in [1.82, 2.24) is 0 Å². The third kappa shape index (κ3) is 4.59. The molecule has 3 N–H and O–H groups in total. The van der Waals surface area contributed by atoms with Crippen LogP contribution in [0.4, 0.5) is 4.39 Å². The molecule has 0 saturated carbocycles. The first-order chi connectivity index (χ1) is 11.5. The summed E-state index contributed by atoms with van der Waals surface area (Å²) in [5.41, 5.74) is 0. The Hall–Kier alpha value is -1.36. The highest BCUT2D eigenvalue weighted by atomic mass is 32.1. The van der Waals surface area contributed by atoms with Crippen LogP contribution < -0.4 is 4.74 Å². The maximum atomic E-state index is 12.9. The van der Waals surface area contributed by atoms with E-state index >= 15 is 0 Å². The standard InChI is InChI=1S/C15H19FO7S/c1-2-20-14-13(12(19)11(18)10(7-17)22-14)23-15(24)21-9-5-3-8(16)4-6-9/h3-6,10-14,17-19H,2,7H2,1H3/t10-,11-,12+,13-,14+/m1/s1. The highest BCUT2D eigenvalue weighted by Gasteiger charge is 2.46. The van der Waals surface area contributed by atoms with Gasteiger partial charge in [0.15, 0.2) is 12.4 Å². The molecular formula is C15H19FO7S. The van der Waals surface area contributed by atoms with Crippen LogP contribution in [0.1, 0.15) is 6.92 Å². The number of halogens is 1. The Balaban J connectivity index is 2.03. The lowest BCUT2D eigenvalue weighted by molar-refractivity contribution is -0.297. The Kier molecular flexibility index (Phi) is 6.84. The summed E-state index contributed by atoms with van der Waals surface area (Å²) in [4.78, 5) is 0. The molecular weight excluding hydrogens is 343 g/mol. The average Bonchev–Trinajstić information content (AvgIpc) is 2.56.